The Labute approximate surface area is 131 Å². The van der Waals surface area contributed by atoms with Crippen molar-refractivity contribution in [3.63, 3.8) is 0 Å². The number of carbonyl (C=O) groups excluding carboxylic acids is 1. The van der Waals surface area contributed by atoms with Crippen molar-refractivity contribution >= 4 is 6.03 Å². The van der Waals surface area contributed by atoms with Gasteiger partial charge in [-0.25, -0.2) is 18.0 Å². The quantitative estimate of drug-likeness (QED) is 0.859. The molecule has 0 aliphatic carbocycles. The first-order valence-electron chi connectivity index (χ1n) is 7.04. The fraction of sp³-hybridized carbons (Fsp3) is 0.250. The minimum Gasteiger partial charge on any atom is -0.336 e. The van der Waals surface area contributed by atoms with Crippen molar-refractivity contribution in [3.05, 3.63) is 65.5 Å². The number of pyridine rings is 1. The van der Waals surface area contributed by atoms with Crippen LogP contribution in [-0.2, 0) is 6.42 Å². The molecule has 0 saturated carbocycles. The first-order chi connectivity index (χ1) is 11.1. The van der Waals surface area contributed by atoms with Crippen molar-refractivity contribution in [2.75, 3.05) is 13.2 Å². The second-order valence-electron chi connectivity index (χ2n) is 4.87. The molecule has 122 valence electrons. The molecule has 1 heterocycles. The van der Waals surface area contributed by atoms with Crippen molar-refractivity contribution in [2.45, 2.75) is 12.5 Å². The van der Waals surface area contributed by atoms with E-state index in [1.165, 1.54) is 6.07 Å². The largest absolute Gasteiger partial charge is 0.336 e. The summed E-state index contributed by atoms with van der Waals surface area (Å²) in [6.45, 7) is -0.767. The SMILES string of the molecule is O=C(NCCF)NC(Cc1ccc(F)c(F)c1)c1ccncc1. The van der Waals surface area contributed by atoms with Crippen LogP contribution in [-0.4, -0.2) is 24.2 Å². The number of urea groups is 1. The predicted molar refractivity (Wildman–Crippen MR) is 79.5 cm³/mol. The third kappa shape index (κ3) is 4.98. The minimum absolute atomic E-state index is 0.0971. The van der Waals surface area contributed by atoms with Crippen molar-refractivity contribution < 1.29 is 18.0 Å². The Balaban J connectivity index is 2.16. The van der Waals surface area contributed by atoms with Crippen LogP contribution in [0, 0.1) is 11.6 Å². The zero-order valence-electron chi connectivity index (χ0n) is 12.2. The molecule has 7 heteroatoms. The van der Waals surface area contributed by atoms with E-state index in [1.54, 1.807) is 24.5 Å². The highest BCUT2D eigenvalue weighted by Gasteiger charge is 2.16. The summed E-state index contributed by atoms with van der Waals surface area (Å²) in [5.41, 5.74) is 1.27. The van der Waals surface area contributed by atoms with Gasteiger partial charge in [-0.1, -0.05) is 6.07 Å². The molecule has 1 aromatic carbocycles. The second kappa shape index (κ2) is 8.17. The van der Waals surface area contributed by atoms with Crippen LogP contribution in [0.1, 0.15) is 17.2 Å². The van der Waals surface area contributed by atoms with Gasteiger partial charge >= 0.3 is 6.03 Å². The van der Waals surface area contributed by atoms with Gasteiger partial charge in [-0.2, -0.15) is 0 Å². The maximum absolute atomic E-state index is 13.3. The normalized spacial score (nSPS) is 11.8. The summed E-state index contributed by atoms with van der Waals surface area (Å²) in [5, 5.41) is 5.05. The van der Waals surface area contributed by atoms with Crippen LogP contribution >= 0.6 is 0 Å². The van der Waals surface area contributed by atoms with Crippen LogP contribution in [0.25, 0.3) is 0 Å². The lowest BCUT2D eigenvalue weighted by Gasteiger charge is -2.19. The molecule has 2 N–H and O–H groups in total. The van der Waals surface area contributed by atoms with Crippen molar-refractivity contribution in [1.29, 1.82) is 0 Å². The molecule has 1 aromatic heterocycles. The van der Waals surface area contributed by atoms with Gasteiger partial charge in [0.15, 0.2) is 11.6 Å². The van der Waals surface area contributed by atoms with Gasteiger partial charge in [0.1, 0.15) is 6.67 Å². The topological polar surface area (TPSA) is 54.0 Å². The van der Waals surface area contributed by atoms with Gasteiger partial charge in [-0.05, 0) is 41.8 Å². The molecular weight excluding hydrogens is 307 g/mol. The average Bonchev–Trinajstić information content (AvgIpc) is 2.56. The first-order valence-corrected chi connectivity index (χ1v) is 7.04. The molecule has 0 saturated heterocycles. The van der Waals surface area contributed by atoms with E-state index in [0.29, 0.717) is 5.56 Å². The monoisotopic (exact) mass is 323 g/mol. The van der Waals surface area contributed by atoms with E-state index >= 15 is 0 Å². The number of rotatable bonds is 6. The third-order valence-corrected chi connectivity index (χ3v) is 3.22. The summed E-state index contributed by atoms with van der Waals surface area (Å²) in [5.74, 6) is -1.87. The lowest BCUT2D eigenvalue weighted by molar-refractivity contribution is 0.236. The van der Waals surface area contributed by atoms with Gasteiger partial charge in [-0.3, -0.25) is 4.98 Å². The highest BCUT2D eigenvalue weighted by Crippen LogP contribution is 2.19. The van der Waals surface area contributed by atoms with Crippen molar-refractivity contribution in [2.24, 2.45) is 0 Å². The minimum atomic E-state index is -0.946. The van der Waals surface area contributed by atoms with Crippen LogP contribution in [0.5, 0.6) is 0 Å². The van der Waals surface area contributed by atoms with Crippen LogP contribution in [0.2, 0.25) is 0 Å². The van der Waals surface area contributed by atoms with Crippen LogP contribution < -0.4 is 10.6 Å². The summed E-state index contributed by atoms with van der Waals surface area (Å²) >= 11 is 0. The molecule has 1 unspecified atom stereocenters. The molecule has 23 heavy (non-hydrogen) atoms. The fourth-order valence-electron chi connectivity index (χ4n) is 2.12. The molecule has 4 nitrogen and oxygen atoms in total. The third-order valence-electron chi connectivity index (χ3n) is 3.22. The first kappa shape index (κ1) is 16.8. The number of carbonyl (C=O) groups is 1. The standard InChI is InChI=1S/C16H16F3N3O/c17-5-8-21-16(23)22-15(12-3-6-20-7-4-12)10-11-1-2-13(18)14(19)9-11/h1-4,6-7,9,15H,5,8,10H2,(H2,21,22,23). The number of aromatic nitrogens is 1. The Bertz CT molecular complexity index is 652. The smallest absolute Gasteiger partial charge is 0.315 e. The summed E-state index contributed by atoms with van der Waals surface area (Å²) < 4.78 is 38.5. The number of nitrogens with zero attached hydrogens (tertiary/aromatic N) is 1. The zero-order valence-corrected chi connectivity index (χ0v) is 12.2. The Morgan fingerprint density at radius 3 is 2.52 bits per heavy atom. The summed E-state index contributed by atoms with van der Waals surface area (Å²) in [7, 11) is 0. The van der Waals surface area contributed by atoms with E-state index < -0.39 is 30.4 Å². The molecule has 2 amide bonds. The lowest BCUT2D eigenvalue weighted by Crippen LogP contribution is -2.39. The second-order valence-corrected chi connectivity index (χ2v) is 4.87. The zero-order chi connectivity index (χ0) is 16.7. The Morgan fingerprint density at radius 1 is 1.13 bits per heavy atom. The van der Waals surface area contributed by atoms with E-state index in [0.717, 1.165) is 17.7 Å². The average molecular weight is 323 g/mol. The van der Waals surface area contributed by atoms with Gasteiger partial charge in [0.05, 0.1) is 6.04 Å². The Morgan fingerprint density at radius 2 is 1.87 bits per heavy atom. The number of alkyl halides is 1. The lowest BCUT2D eigenvalue weighted by atomic mass is 9.99. The van der Waals surface area contributed by atoms with E-state index in [1.807, 2.05) is 0 Å². The molecule has 0 spiro atoms. The molecule has 0 fully saturated rings. The van der Waals surface area contributed by atoms with Gasteiger partial charge in [0.2, 0.25) is 0 Å². The van der Waals surface area contributed by atoms with E-state index in [2.05, 4.69) is 15.6 Å². The molecule has 2 aromatic rings. The highest BCUT2D eigenvalue weighted by atomic mass is 19.2. The van der Waals surface area contributed by atoms with E-state index in [9.17, 15) is 18.0 Å². The van der Waals surface area contributed by atoms with Crippen LogP contribution in [0.3, 0.4) is 0 Å². The Kier molecular flexibility index (Phi) is 5.96. The number of hydrogen-bond acceptors (Lipinski definition) is 2. The maximum Gasteiger partial charge on any atom is 0.315 e. The summed E-state index contributed by atoms with van der Waals surface area (Å²) in [6.07, 6.45) is 3.38. The highest BCUT2D eigenvalue weighted by molar-refractivity contribution is 5.74. The number of hydrogen-bond donors (Lipinski definition) is 2. The Hall–Kier alpha value is -2.57. The number of amides is 2. The number of nitrogens with one attached hydrogen (secondary N) is 2. The van der Waals surface area contributed by atoms with Crippen LogP contribution in [0.15, 0.2) is 42.7 Å². The molecule has 0 aliphatic heterocycles. The molecular formula is C16H16F3N3O. The number of halogens is 3. The maximum atomic E-state index is 13.3. The predicted octanol–water partition coefficient (Wildman–Crippen LogP) is 2.91. The van der Waals surface area contributed by atoms with Crippen molar-refractivity contribution in [3.8, 4) is 0 Å². The van der Waals surface area contributed by atoms with Gasteiger partial charge in [0, 0.05) is 18.9 Å². The van der Waals surface area contributed by atoms with Gasteiger partial charge in [-0.15, -0.1) is 0 Å². The fourth-order valence-corrected chi connectivity index (χ4v) is 2.12. The molecule has 0 aliphatic rings. The molecule has 1 atom stereocenters. The molecule has 0 radical (unpaired) electrons. The van der Waals surface area contributed by atoms with E-state index in [-0.39, 0.29) is 13.0 Å². The molecule has 2 rings (SSSR count). The number of benzene rings is 1. The van der Waals surface area contributed by atoms with E-state index in [4.69, 9.17) is 0 Å². The van der Waals surface area contributed by atoms with Crippen LogP contribution in [0.4, 0.5) is 18.0 Å². The summed E-state index contributed by atoms with van der Waals surface area (Å²) in [6, 6.07) is 5.98. The summed E-state index contributed by atoms with van der Waals surface area (Å²) in [4.78, 5) is 15.7. The van der Waals surface area contributed by atoms with Crippen molar-refractivity contribution in [1.82, 2.24) is 15.6 Å². The molecule has 0 bridgehead atoms. The van der Waals surface area contributed by atoms with Gasteiger partial charge in [0.25, 0.3) is 0 Å². The van der Waals surface area contributed by atoms with Gasteiger partial charge < -0.3 is 10.6 Å².